The maximum Gasteiger partial charge on any atom is 0.242 e. The molecule has 0 aliphatic carbocycles. The molecule has 4 nitrogen and oxygen atoms in total. The van der Waals surface area contributed by atoms with E-state index < -0.39 is 10.0 Å². The number of hydrogen-bond acceptors (Lipinski definition) is 4. The molecule has 0 saturated carbocycles. The third kappa shape index (κ3) is 4.50. The first-order chi connectivity index (χ1) is 9.94. The Morgan fingerprint density at radius 2 is 2.10 bits per heavy atom. The largest absolute Gasteiger partial charge is 0.326 e. The molecule has 1 aliphatic rings. The van der Waals surface area contributed by atoms with Crippen molar-refractivity contribution in [3.8, 4) is 0 Å². The molecule has 1 fully saturated rings. The van der Waals surface area contributed by atoms with Crippen LogP contribution in [0.1, 0.15) is 24.8 Å². The van der Waals surface area contributed by atoms with Gasteiger partial charge in [-0.05, 0) is 36.3 Å². The molecule has 1 aliphatic heterocycles. The lowest BCUT2D eigenvalue weighted by atomic mass is 10.2. The van der Waals surface area contributed by atoms with Gasteiger partial charge in [-0.1, -0.05) is 29.6 Å². The fraction of sp³-hybridized carbons (Fsp3) is 0.538. The Balaban J connectivity index is 2.17. The van der Waals surface area contributed by atoms with E-state index in [1.165, 1.54) is 12.5 Å². The first-order valence-electron chi connectivity index (χ1n) is 6.73. The molecule has 1 atom stereocenters. The maximum atomic E-state index is 12.4. The molecule has 1 aromatic rings. The molecular formula is C13H18Cl2N2O2S2. The molecule has 1 unspecified atom stereocenters. The molecule has 1 saturated heterocycles. The molecule has 118 valence electrons. The summed E-state index contributed by atoms with van der Waals surface area (Å²) in [5.74, 6) is 1.08. The summed E-state index contributed by atoms with van der Waals surface area (Å²) in [6.45, 7) is 0.550. The summed E-state index contributed by atoms with van der Waals surface area (Å²) in [6, 6.07) is 2.94. The van der Waals surface area contributed by atoms with Crippen LogP contribution in [0.4, 0.5) is 0 Å². The zero-order valence-corrected chi connectivity index (χ0v) is 14.6. The van der Waals surface area contributed by atoms with Gasteiger partial charge in [0.1, 0.15) is 4.90 Å². The number of benzene rings is 1. The second kappa shape index (κ2) is 7.53. The average Bonchev–Trinajstić information content (AvgIpc) is 2.48. The quantitative estimate of drug-likeness (QED) is 0.837. The van der Waals surface area contributed by atoms with Crippen LogP contribution in [0.15, 0.2) is 17.0 Å². The topological polar surface area (TPSA) is 72.2 Å². The van der Waals surface area contributed by atoms with Gasteiger partial charge < -0.3 is 5.73 Å². The number of sulfonamides is 1. The van der Waals surface area contributed by atoms with Crippen LogP contribution < -0.4 is 10.5 Å². The Morgan fingerprint density at radius 1 is 1.33 bits per heavy atom. The molecular weight excluding hydrogens is 351 g/mol. The fourth-order valence-corrected chi connectivity index (χ4v) is 5.58. The summed E-state index contributed by atoms with van der Waals surface area (Å²) in [4.78, 5) is -0.00192. The summed E-state index contributed by atoms with van der Waals surface area (Å²) in [6.07, 6.45) is 3.38. The lowest BCUT2D eigenvalue weighted by Gasteiger charge is -2.21. The van der Waals surface area contributed by atoms with Gasteiger partial charge >= 0.3 is 0 Å². The van der Waals surface area contributed by atoms with E-state index in [1.54, 1.807) is 6.07 Å². The molecule has 1 heterocycles. The van der Waals surface area contributed by atoms with Crippen LogP contribution in [-0.4, -0.2) is 26.0 Å². The predicted molar refractivity (Wildman–Crippen MR) is 89.6 cm³/mol. The van der Waals surface area contributed by atoms with Gasteiger partial charge in [0.05, 0.1) is 5.02 Å². The van der Waals surface area contributed by atoms with E-state index in [0.29, 0.717) is 22.4 Å². The van der Waals surface area contributed by atoms with Gasteiger partial charge in [-0.15, -0.1) is 0 Å². The molecule has 8 heteroatoms. The summed E-state index contributed by atoms with van der Waals surface area (Å²) in [5, 5.41) is 0.776. The monoisotopic (exact) mass is 368 g/mol. The number of nitrogens with one attached hydrogen (secondary N) is 1. The molecule has 0 bridgehead atoms. The molecule has 1 aromatic carbocycles. The Morgan fingerprint density at radius 3 is 2.71 bits per heavy atom. The Hall–Kier alpha value is 0.0200. The van der Waals surface area contributed by atoms with Crippen LogP contribution in [-0.2, 0) is 16.6 Å². The van der Waals surface area contributed by atoms with Crippen molar-refractivity contribution in [3.05, 3.63) is 27.7 Å². The van der Waals surface area contributed by atoms with Crippen molar-refractivity contribution in [3.63, 3.8) is 0 Å². The smallest absolute Gasteiger partial charge is 0.242 e. The van der Waals surface area contributed by atoms with E-state index in [0.717, 1.165) is 18.6 Å². The number of halogens is 2. The van der Waals surface area contributed by atoms with Crippen molar-refractivity contribution in [2.75, 3.05) is 12.3 Å². The summed E-state index contributed by atoms with van der Waals surface area (Å²) in [5.41, 5.74) is 6.09. The number of nitrogens with two attached hydrogens (primary N) is 1. The van der Waals surface area contributed by atoms with Gasteiger partial charge in [-0.2, -0.15) is 11.8 Å². The second-order valence-corrected chi connectivity index (χ2v) is 8.88. The average molecular weight is 369 g/mol. The van der Waals surface area contributed by atoms with E-state index in [4.69, 9.17) is 28.9 Å². The highest BCUT2D eigenvalue weighted by molar-refractivity contribution is 8.00. The molecule has 0 spiro atoms. The fourth-order valence-electron chi connectivity index (χ4n) is 2.21. The van der Waals surface area contributed by atoms with Crippen molar-refractivity contribution in [1.82, 2.24) is 4.72 Å². The number of thioether (sulfide) groups is 1. The zero-order valence-electron chi connectivity index (χ0n) is 11.4. The summed E-state index contributed by atoms with van der Waals surface area (Å²) < 4.78 is 27.5. The normalized spacial score (nSPS) is 19.7. The Kier molecular flexibility index (Phi) is 6.23. The first-order valence-corrected chi connectivity index (χ1v) is 10.0. The van der Waals surface area contributed by atoms with E-state index in [1.807, 2.05) is 11.8 Å². The van der Waals surface area contributed by atoms with E-state index in [2.05, 4.69) is 4.72 Å². The van der Waals surface area contributed by atoms with Crippen molar-refractivity contribution < 1.29 is 8.42 Å². The zero-order chi connectivity index (χ0) is 15.5. The van der Waals surface area contributed by atoms with Crippen molar-refractivity contribution >= 4 is 45.0 Å². The Labute approximate surface area is 139 Å². The van der Waals surface area contributed by atoms with E-state index >= 15 is 0 Å². The SMILES string of the molecule is NCc1cc(Cl)cc(S(=O)(=O)NCC2CCCCS2)c1Cl. The van der Waals surface area contributed by atoms with Gasteiger partial charge in [0, 0.05) is 23.4 Å². The third-order valence-corrected chi connectivity index (χ3v) is 6.99. The Bertz CT molecular complexity index is 602. The van der Waals surface area contributed by atoms with Crippen molar-refractivity contribution in [2.24, 2.45) is 5.73 Å². The molecule has 0 radical (unpaired) electrons. The minimum atomic E-state index is -3.68. The van der Waals surface area contributed by atoms with Gasteiger partial charge in [0.15, 0.2) is 0 Å². The molecule has 3 N–H and O–H groups in total. The van der Waals surface area contributed by atoms with Crippen molar-refractivity contribution in [2.45, 2.75) is 36.0 Å². The van der Waals surface area contributed by atoms with E-state index in [-0.39, 0.29) is 16.5 Å². The molecule has 21 heavy (non-hydrogen) atoms. The lowest BCUT2D eigenvalue weighted by Crippen LogP contribution is -2.32. The molecule has 2 rings (SSSR count). The highest BCUT2D eigenvalue weighted by Crippen LogP contribution is 2.30. The van der Waals surface area contributed by atoms with Crippen LogP contribution in [0.25, 0.3) is 0 Å². The van der Waals surface area contributed by atoms with Crippen LogP contribution in [0.5, 0.6) is 0 Å². The molecule has 0 aromatic heterocycles. The van der Waals surface area contributed by atoms with Crippen LogP contribution in [0.2, 0.25) is 10.0 Å². The number of rotatable bonds is 5. The van der Waals surface area contributed by atoms with Crippen LogP contribution in [0.3, 0.4) is 0 Å². The maximum absolute atomic E-state index is 12.4. The standard InChI is InChI=1S/C13H18Cl2N2O2S2/c14-10-5-9(7-16)13(15)12(6-10)21(18,19)17-8-11-3-1-2-4-20-11/h5-6,11,17H,1-4,7-8,16H2. The first kappa shape index (κ1) is 17.4. The highest BCUT2D eigenvalue weighted by atomic mass is 35.5. The lowest BCUT2D eigenvalue weighted by molar-refractivity contribution is 0.573. The van der Waals surface area contributed by atoms with Gasteiger partial charge in [-0.25, -0.2) is 13.1 Å². The van der Waals surface area contributed by atoms with Gasteiger partial charge in [-0.3, -0.25) is 0 Å². The minimum absolute atomic E-state index is 0.00192. The van der Waals surface area contributed by atoms with Gasteiger partial charge in [0.2, 0.25) is 10.0 Å². The third-order valence-electron chi connectivity index (χ3n) is 3.36. The molecule has 0 amide bonds. The predicted octanol–water partition coefficient (Wildman–Crippen LogP) is 3.02. The number of hydrogen-bond donors (Lipinski definition) is 2. The van der Waals surface area contributed by atoms with E-state index in [9.17, 15) is 8.42 Å². The summed E-state index contributed by atoms with van der Waals surface area (Å²) >= 11 is 13.9. The van der Waals surface area contributed by atoms with Crippen molar-refractivity contribution in [1.29, 1.82) is 0 Å². The van der Waals surface area contributed by atoms with Gasteiger partial charge in [0.25, 0.3) is 0 Å². The van der Waals surface area contributed by atoms with Crippen LogP contribution >= 0.6 is 35.0 Å². The second-order valence-electron chi connectivity index (χ2n) is 4.92. The minimum Gasteiger partial charge on any atom is -0.326 e. The summed E-state index contributed by atoms with van der Waals surface area (Å²) in [7, 11) is -3.68. The van der Waals surface area contributed by atoms with Crippen LogP contribution in [0, 0.1) is 0 Å². The highest BCUT2D eigenvalue weighted by Gasteiger charge is 2.23.